The van der Waals surface area contributed by atoms with Gasteiger partial charge in [0.25, 0.3) is 11.8 Å². The number of piperidine rings is 1. The third-order valence-corrected chi connectivity index (χ3v) is 13.6. The molecule has 8 rings (SSSR count). The van der Waals surface area contributed by atoms with Crippen LogP contribution in [0.3, 0.4) is 0 Å². The van der Waals surface area contributed by atoms with Crippen LogP contribution >= 0.6 is 23.2 Å². The van der Waals surface area contributed by atoms with Gasteiger partial charge in [0, 0.05) is 84.7 Å². The van der Waals surface area contributed by atoms with Gasteiger partial charge in [-0.15, -0.1) is 10.2 Å². The van der Waals surface area contributed by atoms with Crippen LogP contribution in [0.2, 0.25) is 10.0 Å². The molecule has 0 spiro atoms. The lowest BCUT2D eigenvalue weighted by Crippen LogP contribution is -2.43. The molecular weight excluding hydrogens is 979 g/mol. The number of halogens is 3. The maximum absolute atomic E-state index is 16.1. The Hall–Kier alpha value is -7.02. The van der Waals surface area contributed by atoms with E-state index in [0.717, 1.165) is 5.56 Å². The SMILES string of the molecule is CCNC(=O)c1nnc(-c2cc(C(C)C)c(O)cc2O)n1-c1ccc(CN2CCC(C(=O)N3CCC(C(=O)OC(Cc4cccc(Cl)c4)NC(=O)c4cc(-c5cc(NC(C)C)ncc5Cl)c[nH]4)C3)CC2)c(F)c1. The lowest BCUT2D eigenvalue weighted by Gasteiger charge is -2.33. The van der Waals surface area contributed by atoms with Crippen molar-refractivity contribution < 1.29 is 38.5 Å². The number of benzene rings is 3. The standard InChI is InChI=1S/C53H59Cl2FN10O7/c1-6-57-51(70)49-63-62-48(40-22-38(29(2)3)44(67)24-45(40)68)66(49)37-11-10-33(42(56)21-37)27-64-15-12-32(13-16-64)52(71)65-17-14-34(28-65)53(72)73-47(19-31-8-7-9-36(54)18-31)61-50(69)43-20-35(25-58-43)39-23-46(60-30(4)5)59-26-41(39)55/h7-11,18,20-26,29-30,32,34,47,58,67-68H,6,12-17,19,27-28H2,1-5H3,(H,57,70)(H,59,60)(H,61,69). The van der Waals surface area contributed by atoms with E-state index in [1.54, 1.807) is 66.7 Å². The lowest BCUT2D eigenvalue weighted by molar-refractivity contribution is -0.154. The maximum Gasteiger partial charge on any atom is 0.312 e. The molecule has 73 heavy (non-hydrogen) atoms. The topological polar surface area (TPSA) is 220 Å². The number of aromatic amines is 1. The zero-order chi connectivity index (χ0) is 52.1. The first kappa shape index (κ1) is 52.3. The highest BCUT2D eigenvalue weighted by atomic mass is 35.5. The van der Waals surface area contributed by atoms with Crippen molar-refractivity contribution in [3.05, 3.63) is 123 Å². The molecule has 2 aliphatic rings. The second kappa shape index (κ2) is 22.8. The first-order valence-electron chi connectivity index (χ1n) is 24.4. The number of anilines is 1. The van der Waals surface area contributed by atoms with Crippen molar-refractivity contribution in [2.45, 2.75) is 85.0 Å². The third kappa shape index (κ3) is 12.3. The van der Waals surface area contributed by atoms with Crippen molar-refractivity contribution in [2.24, 2.45) is 11.8 Å². The highest BCUT2D eigenvalue weighted by molar-refractivity contribution is 6.33. The number of ether oxygens (including phenoxy) is 1. The number of aromatic nitrogens is 5. The number of likely N-dealkylation sites (tertiary alicyclic amines) is 2. The Morgan fingerprint density at radius 1 is 0.890 bits per heavy atom. The molecule has 0 saturated carbocycles. The molecule has 6 N–H and O–H groups in total. The first-order valence-corrected chi connectivity index (χ1v) is 25.2. The minimum Gasteiger partial charge on any atom is -0.508 e. The van der Waals surface area contributed by atoms with Gasteiger partial charge in [0.1, 0.15) is 28.8 Å². The van der Waals surface area contributed by atoms with E-state index in [4.69, 9.17) is 27.9 Å². The molecule has 3 amide bonds. The molecule has 17 nitrogen and oxygen atoms in total. The predicted octanol–water partition coefficient (Wildman–Crippen LogP) is 8.48. The summed E-state index contributed by atoms with van der Waals surface area (Å²) in [5.74, 6) is -2.93. The average molecular weight is 1040 g/mol. The normalized spacial score (nSPS) is 15.7. The van der Waals surface area contributed by atoms with Gasteiger partial charge in [-0.25, -0.2) is 9.37 Å². The van der Waals surface area contributed by atoms with Crippen LogP contribution in [0.5, 0.6) is 11.5 Å². The van der Waals surface area contributed by atoms with Gasteiger partial charge in [-0.05, 0) is 113 Å². The number of H-pyrrole nitrogens is 1. The monoisotopic (exact) mass is 1040 g/mol. The van der Waals surface area contributed by atoms with E-state index in [-0.39, 0.29) is 83.4 Å². The number of nitrogens with one attached hydrogen (secondary N) is 4. The Balaban J connectivity index is 0.881. The molecule has 5 heterocycles. The summed E-state index contributed by atoms with van der Waals surface area (Å²) in [6.45, 7) is 11.7. The van der Waals surface area contributed by atoms with Crippen LogP contribution in [-0.4, -0.2) is 113 Å². The smallest absolute Gasteiger partial charge is 0.312 e. The molecule has 6 aromatic rings. The number of esters is 1. The number of rotatable bonds is 17. The number of aromatic hydroxyl groups is 2. The number of phenolic OH excluding ortho intramolecular Hbond substituents is 2. The van der Waals surface area contributed by atoms with E-state index < -0.39 is 35.7 Å². The van der Waals surface area contributed by atoms with E-state index in [1.165, 1.54) is 16.7 Å². The van der Waals surface area contributed by atoms with Gasteiger partial charge >= 0.3 is 5.97 Å². The Bertz CT molecular complexity index is 3010. The highest BCUT2D eigenvalue weighted by Gasteiger charge is 2.37. The predicted molar refractivity (Wildman–Crippen MR) is 275 cm³/mol. The number of carbonyl (C=O) groups excluding carboxylic acids is 4. The molecule has 2 saturated heterocycles. The van der Waals surface area contributed by atoms with Crippen LogP contribution in [0.25, 0.3) is 28.2 Å². The Kier molecular flexibility index (Phi) is 16.3. The van der Waals surface area contributed by atoms with Crippen molar-refractivity contribution >= 4 is 52.7 Å². The van der Waals surface area contributed by atoms with Crippen molar-refractivity contribution in [3.8, 4) is 39.7 Å². The van der Waals surface area contributed by atoms with Gasteiger partial charge in [-0.1, -0.05) is 55.2 Å². The fourth-order valence-electron chi connectivity index (χ4n) is 9.30. The second-order valence-corrected chi connectivity index (χ2v) is 19.9. The van der Waals surface area contributed by atoms with E-state index in [0.29, 0.717) is 83.6 Å². The van der Waals surface area contributed by atoms with E-state index in [9.17, 15) is 29.4 Å². The van der Waals surface area contributed by atoms with Crippen molar-refractivity contribution in [3.63, 3.8) is 0 Å². The van der Waals surface area contributed by atoms with Crippen LogP contribution in [0, 0.1) is 17.7 Å². The molecule has 0 aliphatic carbocycles. The van der Waals surface area contributed by atoms with Crippen LogP contribution < -0.4 is 16.0 Å². The molecule has 2 atom stereocenters. The summed E-state index contributed by atoms with van der Waals surface area (Å²) < 4.78 is 23.5. The fraction of sp³-hybridized carbons (Fsp3) is 0.377. The summed E-state index contributed by atoms with van der Waals surface area (Å²) in [5, 5.41) is 39.4. The van der Waals surface area contributed by atoms with E-state index in [2.05, 4.69) is 41.0 Å². The van der Waals surface area contributed by atoms with Crippen molar-refractivity contribution in [2.75, 3.05) is 38.0 Å². The number of nitrogens with zero attached hydrogens (tertiary/aromatic N) is 6. The van der Waals surface area contributed by atoms with Crippen molar-refractivity contribution in [1.29, 1.82) is 0 Å². The molecule has 20 heteroatoms. The summed E-state index contributed by atoms with van der Waals surface area (Å²) in [6, 6.07) is 18.1. The first-order chi connectivity index (χ1) is 35.0. The zero-order valence-corrected chi connectivity index (χ0v) is 42.7. The van der Waals surface area contributed by atoms with Crippen molar-refractivity contribution in [1.82, 2.24) is 45.2 Å². The van der Waals surface area contributed by atoms with Crippen LogP contribution in [-0.2, 0) is 27.3 Å². The number of amides is 3. The summed E-state index contributed by atoms with van der Waals surface area (Å²) in [6.07, 6.45) is 3.77. The number of phenols is 2. The lowest BCUT2D eigenvalue weighted by atomic mass is 9.95. The molecule has 384 valence electrons. The Labute approximate surface area is 432 Å². The largest absolute Gasteiger partial charge is 0.508 e. The van der Waals surface area contributed by atoms with Crippen LogP contribution in [0.15, 0.2) is 79.1 Å². The van der Waals surface area contributed by atoms with Gasteiger partial charge in [0.15, 0.2) is 12.1 Å². The molecule has 0 bridgehead atoms. The number of carbonyl (C=O) groups is 4. The van der Waals surface area contributed by atoms with Crippen LogP contribution in [0.4, 0.5) is 10.2 Å². The molecule has 2 aliphatic heterocycles. The third-order valence-electron chi connectivity index (χ3n) is 13.1. The minimum absolute atomic E-state index is 0.0499. The van der Waals surface area contributed by atoms with Crippen LogP contribution in [0.1, 0.15) is 97.6 Å². The van der Waals surface area contributed by atoms with E-state index in [1.807, 2.05) is 39.8 Å². The molecule has 3 aromatic carbocycles. The Morgan fingerprint density at radius 3 is 2.37 bits per heavy atom. The van der Waals surface area contributed by atoms with Gasteiger partial charge in [-0.2, -0.15) is 0 Å². The van der Waals surface area contributed by atoms with E-state index >= 15 is 4.39 Å². The number of hydrogen-bond donors (Lipinski definition) is 6. The summed E-state index contributed by atoms with van der Waals surface area (Å²) in [7, 11) is 0. The summed E-state index contributed by atoms with van der Waals surface area (Å²) in [5.41, 5.74) is 3.72. The fourth-order valence-corrected chi connectivity index (χ4v) is 9.72. The van der Waals surface area contributed by atoms with Gasteiger partial charge in [-0.3, -0.25) is 28.6 Å². The second-order valence-electron chi connectivity index (χ2n) is 19.1. The molecular formula is C53H59Cl2FN10O7. The average Bonchev–Trinajstić information content (AvgIpc) is 4.14. The molecule has 3 aromatic heterocycles. The maximum atomic E-state index is 16.1. The Morgan fingerprint density at radius 2 is 1.66 bits per heavy atom. The number of pyridine rings is 1. The minimum atomic E-state index is -1.06. The zero-order valence-electron chi connectivity index (χ0n) is 41.2. The van der Waals surface area contributed by atoms with Gasteiger partial charge < -0.3 is 40.8 Å². The molecule has 2 fully saturated rings. The number of hydrogen-bond acceptors (Lipinski definition) is 12. The summed E-state index contributed by atoms with van der Waals surface area (Å²) in [4.78, 5) is 65.7. The van der Waals surface area contributed by atoms with Gasteiger partial charge in [0.05, 0.1) is 22.2 Å². The summed E-state index contributed by atoms with van der Waals surface area (Å²) >= 11 is 12.8. The quantitative estimate of drug-likeness (QED) is 0.0374. The highest BCUT2D eigenvalue weighted by Crippen LogP contribution is 2.39. The molecule has 0 radical (unpaired) electrons. The van der Waals surface area contributed by atoms with Gasteiger partial charge in [0.2, 0.25) is 11.7 Å². The molecule has 2 unspecified atom stereocenters.